The summed E-state index contributed by atoms with van der Waals surface area (Å²) in [6.45, 7) is 3.42. The molecule has 0 aromatic carbocycles. The Hall–Kier alpha value is -2.21. The summed E-state index contributed by atoms with van der Waals surface area (Å²) in [4.78, 5) is 27.8. The van der Waals surface area contributed by atoms with E-state index < -0.39 is 11.6 Å². The van der Waals surface area contributed by atoms with Gasteiger partial charge in [-0.15, -0.1) is 0 Å². The zero-order valence-corrected chi connectivity index (χ0v) is 11.7. The number of likely N-dealkylation sites (N-methyl/N-ethyl adjacent to an activating group) is 1. The molecule has 0 fully saturated rings. The van der Waals surface area contributed by atoms with Gasteiger partial charge in [0.1, 0.15) is 5.69 Å². The first-order chi connectivity index (χ1) is 9.19. The van der Waals surface area contributed by atoms with E-state index in [-0.39, 0.29) is 18.1 Å². The molecule has 0 spiro atoms. The Morgan fingerprint density at radius 3 is 2.50 bits per heavy atom. The second-order valence-electron chi connectivity index (χ2n) is 5.12. The van der Waals surface area contributed by atoms with Crippen LogP contribution in [0, 0.1) is 0 Å². The highest BCUT2D eigenvalue weighted by Gasteiger charge is 2.20. The highest BCUT2D eigenvalue weighted by Crippen LogP contribution is 2.08. The van der Waals surface area contributed by atoms with Gasteiger partial charge < -0.3 is 15.1 Å². The Morgan fingerprint density at radius 1 is 1.40 bits per heavy atom. The number of carboxylic acids is 1. The lowest BCUT2D eigenvalue weighted by atomic mass is 10.1. The number of amides is 1. The lowest BCUT2D eigenvalue weighted by molar-refractivity contribution is -0.131. The van der Waals surface area contributed by atoms with E-state index in [1.807, 2.05) is 0 Å². The summed E-state index contributed by atoms with van der Waals surface area (Å²) in [6, 6.07) is 3.13. The molecule has 0 aliphatic carbocycles. The first-order valence-corrected chi connectivity index (χ1v) is 6.04. The van der Waals surface area contributed by atoms with Gasteiger partial charge in [0, 0.05) is 25.9 Å². The van der Waals surface area contributed by atoms with Crippen molar-refractivity contribution in [1.82, 2.24) is 9.88 Å². The van der Waals surface area contributed by atoms with Gasteiger partial charge in [0.15, 0.2) is 0 Å². The van der Waals surface area contributed by atoms with Crippen molar-refractivity contribution in [3.63, 3.8) is 0 Å². The first kappa shape index (κ1) is 15.8. The number of pyridine rings is 1. The van der Waals surface area contributed by atoms with Crippen LogP contribution < -0.4 is 0 Å². The number of carbonyl (C=O) groups is 2. The monoisotopic (exact) mass is 278 g/mol. The van der Waals surface area contributed by atoms with Crippen LogP contribution in [0.1, 0.15) is 29.9 Å². The van der Waals surface area contributed by atoms with Crippen molar-refractivity contribution < 1.29 is 19.8 Å². The number of rotatable bonds is 5. The Balaban J connectivity index is 2.78. The highest BCUT2D eigenvalue weighted by atomic mass is 16.4. The number of hydrogen-bond acceptors (Lipinski definition) is 4. The van der Waals surface area contributed by atoms with Crippen LogP contribution in [-0.4, -0.2) is 51.2 Å². The third-order valence-electron chi connectivity index (χ3n) is 2.39. The molecule has 1 aromatic heterocycles. The lowest BCUT2D eigenvalue weighted by Crippen LogP contribution is -2.39. The van der Waals surface area contributed by atoms with Gasteiger partial charge in [0.25, 0.3) is 5.91 Å². The molecule has 20 heavy (non-hydrogen) atoms. The molecule has 0 saturated heterocycles. The standard InChI is InChI=1S/C14H18N2O4/c1-14(2,20)9-16(3)13(19)11-6-4-10(8-15-11)5-7-12(17)18/h4-8,20H,9H2,1-3H3,(H,17,18). The quantitative estimate of drug-likeness (QED) is 0.785. The van der Waals surface area contributed by atoms with Gasteiger partial charge in [-0.25, -0.2) is 4.79 Å². The predicted octanol–water partition coefficient (Wildman–Crippen LogP) is 1.02. The molecule has 0 radical (unpaired) electrons. The molecular formula is C14H18N2O4. The third kappa shape index (κ3) is 5.19. The summed E-state index contributed by atoms with van der Waals surface area (Å²) in [7, 11) is 1.58. The fourth-order valence-electron chi connectivity index (χ4n) is 1.65. The SMILES string of the molecule is CN(CC(C)(C)O)C(=O)c1ccc(C=CC(=O)O)cn1. The number of aromatic nitrogens is 1. The van der Waals surface area contributed by atoms with Crippen molar-refractivity contribution in [3.8, 4) is 0 Å². The van der Waals surface area contributed by atoms with Gasteiger partial charge in [-0.3, -0.25) is 9.78 Å². The maximum atomic E-state index is 12.0. The molecule has 0 aliphatic rings. The minimum Gasteiger partial charge on any atom is -0.478 e. The van der Waals surface area contributed by atoms with Gasteiger partial charge in [0.05, 0.1) is 5.60 Å². The second-order valence-corrected chi connectivity index (χ2v) is 5.12. The molecule has 0 aliphatic heterocycles. The Bertz CT molecular complexity index is 515. The Morgan fingerprint density at radius 2 is 2.05 bits per heavy atom. The molecular weight excluding hydrogens is 260 g/mol. The zero-order valence-electron chi connectivity index (χ0n) is 11.7. The van der Waals surface area contributed by atoms with E-state index in [4.69, 9.17) is 5.11 Å². The number of aliphatic hydroxyl groups is 1. The summed E-state index contributed by atoms with van der Waals surface area (Å²) in [6.07, 6.45) is 3.81. The van der Waals surface area contributed by atoms with E-state index in [9.17, 15) is 14.7 Å². The van der Waals surface area contributed by atoms with Gasteiger partial charge >= 0.3 is 5.97 Å². The van der Waals surface area contributed by atoms with E-state index in [1.165, 1.54) is 23.2 Å². The van der Waals surface area contributed by atoms with Crippen molar-refractivity contribution in [2.75, 3.05) is 13.6 Å². The van der Waals surface area contributed by atoms with E-state index in [0.29, 0.717) is 5.56 Å². The molecule has 6 nitrogen and oxygen atoms in total. The average molecular weight is 278 g/mol. The summed E-state index contributed by atoms with van der Waals surface area (Å²) in [5.74, 6) is -1.35. The average Bonchev–Trinajstić information content (AvgIpc) is 2.34. The molecule has 1 amide bonds. The van der Waals surface area contributed by atoms with Crippen LogP contribution in [0.2, 0.25) is 0 Å². The van der Waals surface area contributed by atoms with Crippen molar-refractivity contribution >= 4 is 18.0 Å². The van der Waals surface area contributed by atoms with Crippen LogP contribution in [0.4, 0.5) is 0 Å². The normalized spacial score (nSPS) is 11.6. The minimum absolute atomic E-state index is 0.189. The maximum absolute atomic E-state index is 12.0. The molecule has 2 N–H and O–H groups in total. The number of nitrogens with zero attached hydrogens (tertiary/aromatic N) is 2. The summed E-state index contributed by atoms with van der Waals surface area (Å²) in [5, 5.41) is 18.2. The first-order valence-electron chi connectivity index (χ1n) is 6.04. The van der Waals surface area contributed by atoms with Crippen LogP contribution in [0.15, 0.2) is 24.4 Å². The smallest absolute Gasteiger partial charge is 0.328 e. The van der Waals surface area contributed by atoms with Crippen molar-refractivity contribution in [3.05, 3.63) is 35.7 Å². The number of aliphatic carboxylic acids is 1. The lowest BCUT2D eigenvalue weighted by Gasteiger charge is -2.25. The number of carboxylic acid groups (broad SMARTS) is 1. The molecule has 6 heteroatoms. The predicted molar refractivity (Wildman–Crippen MR) is 74.2 cm³/mol. The van der Waals surface area contributed by atoms with Gasteiger partial charge in [-0.05, 0) is 31.6 Å². The fraction of sp³-hybridized carbons (Fsp3) is 0.357. The second kappa shape index (κ2) is 6.29. The minimum atomic E-state index is -1.05. The highest BCUT2D eigenvalue weighted by molar-refractivity contribution is 5.92. The maximum Gasteiger partial charge on any atom is 0.328 e. The van der Waals surface area contributed by atoms with Crippen molar-refractivity contribution in [2.24, 2.45) is 0 Å². The van der Waals surface area contributed by atoms with E-state index in [1.54, 1.807) is 27.0 Å². The zero-order chi connectivity index (χ0) is 15.3. The molecule has 1 aromatic rings. The van der Waals surface area contributed by atoms with Crippen LogP contribution >= 0.6 is 0 Å². The van der Waals surface area contributed by atoms with Gasteiger partial charge in [-0.2, -0.15) is 0 Å². The number of carbonyl (C=O) groups excluding carboxylic acids is 1. The molecule has 0 atom stereocenters. The van der Waals surface area contributed by atoms with Crippen LogP contribution in [0.3, 0.4) is 0 Å². The summed E-state index contributed by atoms with van der Waals surface area (Å²) in [5.41, 5.74) is -0.146. The van der Waals surface area contributed by atoms with Crippen LogP contribution in [-0.2, 0) is 4.79 Å². The third-order valence-corrected chi connectivity index (χ3v) is 2.39. The number of hydrogen-bond donors (Lipinski definition) is 2. The van der Waals surface area contributed by atoms with Crippen LogP contribution in [0.25, 0.3) is 6.08 Å². The van der Waals surface area contributed by atoms with Gasteiger partial charge in [-0.1, -0.05) is 6.07 Å². The topological polar surface area (TPSA) is 90.7 Å². The fourth-order valence-corrected chi connectivity index (χ4v) is 1.65. The largest absolute Gasteiger partial charge is 0.478 e. The molecule has 108 valence electrons. The molecule has 1 heterocycles. The Labute approximate surface area is 117 Å². The molecule has 0 bridgehead atoms. The van der Waals surface area contributed by atoms with Crippen molar-refractivity contribution in [1.29, 1.82) is 0 Å². The van der Waals surface area contributed by atoms with E-state index in [0.717, 1.165) is 6.08 Å². The molecule has 0 saturated carbocycles. The summed E-state index contributed by atoms with van der Waals surface area (Å²) < 4.78 is 0. The molecule has 0 unspecified atom stereocenters. The van der Waals surface area contributed by atoms with E-state index in [2.05, 4.69) is 4.98 Å². The molecule has 1 rings (SSSR count). The Kier molecular flexibility index (Phi) is 4.99. The van der Waals surface area contributed by atoms with Crippen molar-refractivity contribution in [2.45, 2.75) is 19.4 Å². The van der Waals surface area contributed by atoms with Crippen LogP contribution in [0.5, 0.6) is 0 Å². The van der Waals surface area contributed by atoms with Gasteiger partial charge in [0.2, 0.25) is 0 Å². The van der Waals surface area contributed by atoms with E-state index >= 15 is 0 Å². The summed E-state index contributed by atoms with van der Waals surface area (Å²) >= 11 is 0.